The molecule has 0 unspecified atom stereocenters. The van der Waals surface area contributed by atoms with Crippen LogP contribution in [0.25, 0.3) is 0 Å². The zero-order valence-corrected chi connectivity index (χ0v) is 15.8. The lowest BCUT2D eigenvalue weighted by molar-refractivity contribution is -0.147. The molecule has 0 radical (unpaired) electrons. The Balaban J connectivity index is 1.80. The van der Waals surface area contributed by atoms with E-state index < -0.39 is 29.7 Å². The quantitative estimate of drug-likeness (QED) is 0.772. The molecule has 1 amide bonds. The Morgan fingerprint density at radius 3 is 2.48 bits per heavy atom. The van der Waals surface area contributed by atoms with Crippen molar-refractivity contribution in [2.45, 2.75) is 46.1 Å². The van der Waals surface area contributed by atoms with Gasteiger partial charge in [0.1, 0.15) is 12.6 Å². The zero-order chi connectivity index (χ0) is 19.4. The summed E-state index contributed by atoms with van der Waals surface area (Å²) >= 11 is 0. The van der Waals surface area contributed by atoms with Crippen LogP contribution in [0.5, 0.6) is 0 Å². The minimum atomic E-state index is -0.757. The molecule has 1 aliphatic rings. The van der Waals surface area contributed by atoms with E-state index in [1.54, 1.807) is 12.3 Å². The molecule has 1 saturated heterocycles. The summed E-state index contributed by atoms with van der Waals surface area (Å²) in [7, 11) is 0. The Bertz CT molecular complexity index is 787. The van der Waals surface area contributed by atoms with Gasteiger partial charge in [0.15, 0.2) is 6.23 Å². The monoisotopic (exact) mass is 368 g/mol. The van der Waals surface area contributed by atoms with Crippen molar-refractivity contribution in [2.24, 2.45) is 5.41 Å². The summed E-state index contributed by atoms with van der Waals surface area (Å²) in [6.07, 6.45) is 0.689. The number of esters is 1. The number of benzene rings is 1. The van der Waals surface area contributed by atoms with Crippen LogP contribution in [-0.2, 0) is 27.3 Å². The van der Waals surface area contributed by atoms with Crippen molar-refractivity contribution in [3.05, 3.63) is 66.0 Å². The highest BCUT2D eigenvalue weighted by molar-refractivity contribution is 5.84. The molecule has 1 fully saturated rings. The average molecular weight is 368 g/mol. The van der Waals surface area contributed by atoms with Crippen molar-refractivity contribution in [3.8, 4) is 0 Å². The Morgan fingerprint density at radius 2 is 1.85 bits per heavy atom. The Kier molecular flexibility index (Phi) is 5.44. The number of carbonyl (C=O) groups excluding carboxylic acids is 2. The average Bonchev–Trinajstić information content (AvgIpc) is 2.98. The van der Waals surface area contributed by atoms with Gasteiger partial charge in [0.25, 0.3) is 0 Å². The molecule has 2 heterocycles. The maximum atomic E-state index is 12.9. The van der Waals surface area contributed by atoms with E-state index in [0.29, 0.717) is 0 Å². The van der Waals surface area contributed by atoms with Gasteiger partial charge < -0.3 is 9.47 Å². The summed E-state index contributed by atoms with van der Waals surface area (Å²) in [5.41, 5.74) is 1.15. The van der Waals surface area contributed by atoms with Crippen LogP contribution in [0, 0.1) is 5.41 Å². The second-order valence-electron chi connectivity index (χ2n) is 7.64. The number of aromatic nitrogens is 1. The maximum absolute atomic E-state index is 12.9. The van der Waals surface area contributed by atoms with Crippen LogP contribution in [0.1, 0.15) is 32.0 Å². The minimum absolute atomic E-state index is 0.136. The van der Waals surface area contributed by atoms with Crippen molar-refractivity contribution in [2.75, 3.05) is 0 Å². The topological polar surface area (TPSA) is 68.7 Å². The maximum Gasteiger partial charge on any atom is 0.413 e. The molecule has 142 valence electrons. The standard InChI is InChI=1S/C21H24N2O4/c1-21(2,3)19-23(20(25)26-14-15-9-5-4-6-10-15)17(18(24)27-19)13-16-11-7-8-12-22-16/h4-12,17,19H,13-14H2,1-3H3/t17-,19-/m0/s1. The van der Waals surface area contributed by atoms with Crippen LogP contribution < -0.4 is 0 Å². The highest BCUT2D eigenvalue weighted by atomic mass is 16.6. The summed E-state index contributed by atoms with van der Waals surface area (Å²) in [6, 6.07) is 14.1. The number of hydrogen-bond acceptors (Lipinski definition) is 5. The van der Waals surface area contributed by atoms with Crippen molar-refractivity contribution in [3.63, 3.8) is 0 Å². The van der Waals surface area contributed by atoms with E-state index in [1.165, 1.54) is 4.90 Å². The molecule has 1 aromatic carbocycles. The molecule has 1 aliphatic heterocycles. The SMILES string of the molecule is CC(C)(C)[C@@H]1OC(=O)[C@H](Cc2ccccn2)N1C(=O)OCc1ccccc1. The lowest BCUT2D eigenvalue weighted by atomic mass is 9.93. The fourth-order valence-corrected chi connectivity index (χ4v) is 3.03. The highest BCUT2D eigenvalue weighted by Crippen LogP contribution is 2.34. The van der Waals surface area contributed by atoms with Crippen LogP contribution in [0.3, 0.4) is 0 Å². The number of ether oxygens (including phenoxy) is 2. The van der Waals surface area contributed by atoms with Crippen molar-refractivity contribution in [1.29, 1.82) is 0 Å². The molecule has 0 spiro atoms. The predicted octanol–water partition coefficient (Wildman–Crippen LogP) is 3.56. The molecule has 0 saturated carbocycles. The smallest absolute Gasteiger partial charge is 0.413 e. The summed E-state index contributed by atoms with van der Waals surface area (Å²) in [4.78, 5) is 31.1. The number of pyridine rings is 1. The molecular formula is C21H24N2O4. The van der Waals surface area contributed by atoms with Crippen LogP contribution in [0.15, 0.2) is 54.7 Å². The van der Waals surface area contributed by atoms with Crippen LogP contribution in [0.4, 0.5) is 4.79 Å². The molecule has 0 bridgehead atoms. The number of cyclic esters (lactones) is 1. The van der Waals surface area contributed by atoms with Crippen molar-refractivity contribution in [1.82, 2.24) is 9.88 Å². The van der Waals surface area contributed by atoms with Gasteiger partial charge >= 0.3 is 12.1 Å². The first-order valence-electron chi connectivity index (χ1n) is 8.95. The van der Waals surface area contributed by atoms with Gasteiger partial charge in [-0.1, -0.05) is 57.2 Å². The molecule has 2 atom stereocenters. The van der Waals surface area contributed by atoms with E-state index in [1.807, 2.05) is 63.2 Å². The fourth-order valence-electron chi connectivity index (χ4n) is 3.03. The van der Waals surface area contributed by atoms with Crippen molar-refractivity contribution < 1.29 is 19.1 Å². The van der Waals surface area contributed by atoms with Gasteiger partial charge in [0, 0.05) is 23.7 Å². The lowest BCUT2D eigenvalue weighted by Crippen LogP contribution is -2.48. The second-order valence-corrected chi connectivity index (χ2v) is 7.64. The molecular weight excluding hydrogens is 344 g/mol. The van der Waals surface area contributed by atoms with Crippen LogP contribution >= 0.6 is 0 Å². The van der Waals surface area contributed by atoms with E-state index in [2.05, 4.69) is 4.98 Å². The van der Waals surface area contributed by atoms with Gasteiger partial charge in [0.05, 0.1) is 0 Å². The normalized spacial score (nSPS) is 19.7. The Hall–Kier alpha value is -2.89. The minimum Gasteiger partial charge on any atom is -0.444 e. The van der Waals surface area contributed by atoms with Gasteiger partial charge in [-0.2, -0.15) is 0 Å². The Labute approximate surface area is 159 Å². The van der Waals surface area contributed by atoms with E-state index in [9.17, 15) is 9.59 Å². The molecule has 6 heteroatoms. The third-order valence-electron chi connectivity index (χ3n) is 4.37. The molecule has 3 rings (SSSR count). The number of nitrogens with zero attached hydrogens (tertiary/aromatic N) is 2. The molecule has 0 aliphatic carbocycles. The number of carbonyl (C=O) groups is 2. The third kappa shape index (κ3) is 4.45. The van der Waals surface area contributed by atoms with Gasteiger partial charge in [0.2, 0.25) is 0 Å². The number of hydrogen-bond donors (Lipinski definition) is 0. The fraction of sp³-hybridized carbons (Fsp3) is 0.381. The summed E-state index contributed by atoms with van der Waals surface area (Å²) in [6.45, 7) is 5.90. The molecule has 1 aromatic heterocycles. The van der Waals surface area contributed by atoms with E-state index in [4.69, 9.17) is 9.47 Å². The first-order valence-corrected chi connectivity index (χ1v) is 8.95. The second kappa shape index (κ2) is 7.78. The largest absolute Gasteiger partial charge is 0.444 e. The highest BCUT2D eigenvalue weighted by Gasteiger charge is 2.50. The van der Waals surface area contributed by atoms with Crippen LogP contribution in [0.2, 0.25) is 0 Å². The Morgan fingerprint density at radius 1 is 1.15 bits per heavy atom. The summed E-state index contributed by atoms with van der Waals surface area (Å²) in [5, 5.41) is 0. The molecule has 2 aromatic rings. The molecule has 0 N–H and O–H groups in total. The number of amides is 1. The van der Waals surface area contributed by atoms with E-state index in [-0.39, 0.29) is 13.0 Å². The van der Waals surface area contributed by atoms with E-state index in [0.717, 1.165) is 11.3 Å². The molecule has 27 heavy (non-hydrogen) atoms. The first-order chi connectivity index (χ1) is 12.9. The summed E-state index contributed by atoms with van der Waals surface area (Å²) < 4.78 is 11.0. The lowest BCUT2D eigenvalue weighted by Gasteiger charge is -2.33. The summed E-state index contributed by atoms with van der Waals surface area (Å²) in [5.74, 6) is -0.433. The molecule has 6 nitrogen and oxygen atoms in total. The zero-order valence-electron chi connectivity index (χ0n) is 15.8. The van der Waals surface area contributed by atoms with Crippen LogP contribution in [-0.4, -0.2) is 34.2 Å². The predicted molar refractivity (Wildman–Crippen MR) is 99.5 cm³/mol. The van der Waals surface area contributed by atoms with Gasteiger partial charge in [-0.3, -0.25) is 9.88 Å². The number of rotatable bonds is 4. The van der Waals surface area contributed by atoms with E-state index >= 15 is 0 Å². The third-order valence-corrected chi connectivity index (χ3v) is 4.37. The van der Waals surface area contributed by atoms with Crippen molar-refractivity contribution >= 4 is 12.1 Å². The van der Waals surface area contributed by atoms with Gasteiger partial charge in [-0.05, 0) is 17.7 Å². The van der Waals surface area contributed by atoms with Gasteiger partial charge in [-0.25, -0.2) is 9.59 Å². The first kappa shape index (κ1) is 18.9. The van der Waals surface area contributed by atoms with Gasteiger partial charge in [-0.15, -0.1) is 0 Å².